The molecule has 1 aromatic rings. The van der Waals surface area contributed by atoms with E-state index in [-0.39, 0.29) is 5.78 Å². The van der Waals surface area contributed by atoms with E-state index in [1.165, 1.54) is 0 Å². The van der Waals surface area contributed by atoms with E-state index in [0.717, 1.165) is 38.2 Å². The summed E-state index contributed by atoms with van der Waals surface area (Å²) in [5, 5.41) is 4.29. The highest BCUT2D eigenvalue weighted by atomic mass is 16.1. The van der Waals surface area contributed by atoms with Crippen molar-refractivity contribution in [1.29, 1.82) is 0 Å². The maximum Gasteiger partial charge on any atom is 0.177 e. The summed E-state index contributed by atoms with van der Waals surface area (Å²) in [5.41, 5.74) is 0.745. The van der Waals surface area contributed by atoms with Crippen LogP contribution in [-0.4, -0.2) is 40.1 Å². The molecule has 0 saturated carbocycles. The number of carbonyl (C=O) groups is 1. The topological polar surface area (TPSA) is 38.1 Å². The van der Waals surface area contributed by atoms with Gasteiger partial charge in [-0.2, -0.15) is 5.10 Å². The fourth-order valence-corrected chi connectivity index (χ4v) is 2.36. The van der Waals surface area contributed by atoms with Gasteiger partial charge in [0.2, 0.25) is 0 Å². The number of ketones is 1. The van der Waals surface area contributed by atoms with Crippen LogP contribution in [0.3, 0.4) is 0 Å². The minimum Gasteiger partial charge on any atom is -0.303 e. The Morgan fingerprint density at radius 1 is 1.50 bits per heavy atom. The third kappa shape index (κ3) is 2.16. The van der Waals surface area contributed by atoms with Crippen molar-refractivity contribution in [3.63, 3.8) is 0 Å². The summed E-state index contributed by atoms with van der Waals surface area (Å²) in [6.07, 6.45) is 3.91. The van der Waals surface area contributed by atoms with Crippen LogP contribution in [0.15, 0.2) is 12.3 Å². The van der Waals surface area contributed by atoms with E-state index in [2.05, 4.69) is 16.9 Å². The lowest BCUT2D eigenvalue weighted by Crippen LogP contribution is -2.35. The van der Waals surface area contributed by atoms with Gasteiger partial charge in [0.15, 0.2) is 5.78 Å². The lowest BCUT2D eigenvalue weighted by molar-refractivity contribution is 0.0994. The summed E-state index contributed by atoms with van der Waals surface area (Å²) in [6, 6.07) is 2.21. The molecule has 0 bridgehead atoms. The Morgan fingerprint density at radius 3 is 2.75 bits per heavy atom. The summed E-state index contributed by atoms with van der Waals surface area (Å²) in [7, 11) is 0. The SMILES string of the molecule is CCN1CCC(n2nccc2C(C)=O)CC1. The number of carbonyl (C=O) groups excluding carboxylic acids is 1. The van der Waals surface area contributed by atoms with Gasteiger partial charge in [-0.15, -0.1) is 0 Å². The molecule has 1 aliphatic heterocycles. The van der Waals surface area contributed by atoms with E-state index < -0.39 is 0 Å². The van der Waals surface area contributed by atoms with Gasteiger partial charge in [0.05, 0.1) is 6.04 Å². The van der Waals surface area contributed by atoms with Crippen molar-refractivity contribution >= 4 is 5.78 Å². The number of likely N-dealkylation sites (tertiary alicyclic amines) is 1. The molecule has 1 aromatic heterocycles. The van der Waals surface area contributed by atoms with Crippen molar-refractivity contribution in [2.45, 2.75) is 32.7 Å². The first-order valence-electron chi connectivity index (χ1n) is 5.99. The average Bonchev–Trinajstić information content (AvgIpc) is 2.78. The molecule has 0 atom stereocenters. The Labute approximate surface area is 96.2 Å². The fraction of sp³-hybridized carbons (Fsp3) is 0.667. The number of aromatic nitrogens is 2. The molecule has 0 radical (unpaired) electrons. The lowest BCUT2D eigenvalue weighted by atomic mass is 10.0. The zero-order valence-corrected chi connectivity index (χ0v) is 10.0. The predicted molar refractivity (Wildman–Crippen MR) is 62.6 cm³/mol. The van der Waals surface area contributed by atoms with Crippen molar-refractivity contribution in [3.8, 4) is 0 Å². The van der Waals surface area contributed by atoms with Crippen LogP contribution in [0.25, 0.3) is 0 Å². The first-order valence-corrected chi connectivity index (χ1v) is 5.99. The van der Waals surface area contributed by atoms with Crippen molar-refractivity contribution < 1.29 is 4.79 Å². The first kappa shape index (κ1) is 11.3. The first-order chi connectivity index (χ1) is 7.72. The summed E-state index contributed by atoms with van der Waals surface area (Å²) in [5.74, 6) is 0.107. The maximum atomic E-state index is 11.4. The molecule has 1 fully saturated rings. The highest BCUT2D eigenvalue weighted by Crippen LogP contribution is 2.23. The van der Waals surface area contributed by atoms with Crippen LogP contribution >= 0.6 is 0 Å². The molecule has 0 spiro atoms. The van der Waals surface area contributed by atoms with E-state index in [0.29, 0.717) is 6.04 Å². The minimum atomic E-state index is 0.107. The second-order valence-corrected chi connectivity index (χ2v) is 4.38. The molecular formula is C12H19N3O. The van der Waals surface area contributed by atoms with Gasteiger partial charge in [0.1, 0.15) is 5.69 Å². The zero-order valence-electron chi connectivity index (χ0n) is 10.0. The molecule has 0 aromatic carbocycles. The van der Waals surface area contributed by atoms with E-state index in [4.69, 9.17) is 0 Å². The third-order valence-electron chi connectivity index (χ3n) is 3.38. The molecular weight excluding hydrogens is 202 g/mol. The van der Waals surface area contributed by atoms with Gasteiger partial charge in [0.25, 0.3) is 0 Å². The normalized spacial score (nSPS) is 18.9. The van der Waals surface area contributed by atoms with Crippen molar-refractivity contribution in [1.82, 2.24) is 14.7 Å². The number of Topliss-reactive ketones (excluding diaryl/α,β-unsaturated/α-hetero) is 1. The van der Waals surface area contributed by atoms with Gasteiger partial charge in [-0.05, 0) is 25.5 Å². The molecule has 88 valence electrons. The van der Waals surface area contributed by atoms with Gasteiger partial charge < -0.3 is 4.90 Å². The molecule has 0 unspecified atom stereocenters. The quantitative estimate of drug-likeness (QED) is 0.730. The smallest absolute Gasteiger partial charge is 0.177 e. The highest BCUT2D eigenvalue weighted by molar-refractivity contribution is 5.92. The van der Waals surface area contributed by atoms with Gasteiger partial charge in [-0.1, -0.05) is 6.92 Å². The van der Waals surface area contributed by atoms with Gasteiger partial charge >= 0.3 is 0 Å². The molecule has 2 heterocycles. The molecule has 4 nitrogen and oxygen atoms in total. The van der Waals surface area contributed by atoms with Crippen LogP contribution in [0.5, 0.6) is 0 Å². The third-order valence-corrected chi connectivity index (χ3v) is 3.38. The number of nitrogens with zero attached hydrogens (tertiary/aromatic N) is 3. The van der Waals surface area contributed by atoms with Crippen LogP contribution in [0.4, 0.5) is 0 Å². The van der Waals surface area contributed by atoms with Crippen LogP contribution in [0.2, 0.25) is 0 Å². The molecule has 0 aliphatic carbocycles. The maximum absolute atomic E-state index is 11.4. The summed E-state index contributed by atoms with van der Waals surface area (Å²) >= 11 is 0. The second kappa shape index (κ2) is 4.78. The standard InChI is InChI=1S/C12H19N3O/c1-3-14-8-5-11(6-9-14)15-12(10(2)16)4-7-13-15/h4,7,11H,3,5-6,8-9H2,1-2H3. The van der Waals surface area contributed by atoms with Gasteiger partial charge in [-0.3, -0.25) is 9.48 Å². The second-order valence-electron chi connectivity index (χ2n) is 4.38. The molecule has 0 amide bonds. The van der Waals surface area contributed by atoms with Crippen LogP contribution in [0, 0.1) is 0 Å². The fourth-order valence-electron chi connectivity index (χ4n) is 2.36. The Bertz CT molecular complexity index is 364. The largest absolute Gasteiger partial charge is 0.303 e. The summed E-state index contributed by atoms with van der Waals surface area (Å²) in [6.45, 7) is 7.13. The molecule has 16 heavy (non-hydrogen) atoms. The number of hydrogen-bond donors (Lipinski definition) is 0. The monoisotopic (exact) mass is 221 g/mol. The van der Waals surface area contributed by atoms with Gasteiger partial charge in [-0.25, -0.2) is 0 Å². The van der Waals surface area contributed by atoms with Crippen LogP contribution in [0.1, 0.15) is 43.2 Å². The number of rotatable bonds is 3. The van der Waals surface area contributed by atoms with E-state index >= 15 is 0 Å². The van der Waals surface area contributed by atoms with Gasteiger partial charge in [0, 0.05) is 26.2 Å². The Kier molecular flexibility index (Phi) is 3.39. The van der Waals surface area contributed by atoms with Crippen LogP contribution < -0.4 is 0 Å². The molecule has 1 aliphatic rings. The Morgan fingerprint density at radius 2 is 2.19 bits per heavy atom. The Balaban J connectivity index is 2.08. The minimum absolute atomic E-state index is 0.107. The van der Waals surface area contributed by atoms with Crippen molar-refractivity contribution in [3.05, 3.63) is 18.0 Å². The van der Waals surface area contributed by atoms with Crippen LogP contribution in [-0.2, 0) is 0 Å². The molecule has 4 heteroatoms. The van der Waals surface area contributed by atoms with E-state index in [1.807, 2.05) is 10.7 Å². The van der Waals surface area contributed by atoms with E-state index in [9.17, 15) is 4.79 Å². The molecule has 2 rings (SSSR count). The highest BCUT2D eigenvalue weighted by Gasteiger charge is 2.22. The van der Waals surface area contributed by atoms with Crippen molar-refractivity contribution in [2.24, 2.45) is 0 Å². The average molecular weight is 221 g/mol. The molecule has 0 N–H and O–H groups in total. The van der Waals surface area contributed by atoms with E-state index in [1.54, 1.807) is 13.1 Å². The predicted octanol–water partition coefficient (Wildman–Crippen LogP) is 1.74. The molecule has 1 saturated heterocycles. The van der Waals surface area contributed by atoms with Crippen molar-refractivity contribution in [2.75, 3.05) is 19.6 Å². The number of hydrogen-bond acceptors (Lipinski definition) is 3. The Hall–Kier alpha value is -1.16. The lowest BCUT2D eigenvalue weighted by Gasteiger charge is -2.31. The summed E-state index contributed by atoms with van der Waals surface area (Å²) < 4.78 is 1.91. The number of piperidine rings is 1. The zero-order chi connectivity index (χ0) is 11.5. The summed E-state index contributed by atoms with van der Waals surface area (Å²) in [4.78, 5) is 13.9.